The molecule has 2 heterocycles. The number of carbonyl (C=O) groups excluding carboxylic acids is 2. The van der Waals surface area contributed by atoms with Gasteiger partial charge in [-0.2, -0.15) is 15.0 Å². The summed E-state index contributed by atoms with van der Waals surface area (Å²) in [6.45, 7) is 0.537. The Balaban J connectivity index is 1.35. The number of anilines is 1. The molecule has 1 fully saturated rings. The van der Waals surface area contributed by atoms with E-state index in [2.05, 4.69) is 15.5 Å². The fraction of sp³-hybridized carbons (Fsp3) is 0.238. The van der Waals surface area contributed by atoms with E-state index in [1.165, 1.54) is 41.5 Å². The molecule has 0 aliphatic carbocycles. The van der Waals surface area contributed by atoms with E-state index in [1.54, 1.807) is 29.2 Å². The molecule has 3 aromatic rings. The summed E-state index contributed by atoms with van der Waals surface area (Å²) in [7, 11) is 0. The largest absolute Gasteiger partial charge is 0.457 e. The number of hydrogen-bond acceptors (Lipinski definition) is 5. The van der Waals surface area contributed by atoms with E-state index >= 15 is 0 Å². The number of nitrogens with zero attached hydrogens (tertiary/aromatic N) is 4. The van der Waals surface area contributed by atoms with E-state index in [9.17, 15) is 14.0 Å². The van der Waals surface area contributed by atoms with Gasteiger partial charge in [0.1, 0.15) is 29.9 Å². The Kier molecular flexibility index (Phi) is 5.69. The SMILES string of the molecule is O=C(Nc1ccc(Oc2ccc(F)cc2)cc1)[C@@H]1CCCN1C(=O)Cn1nccn1. The van der Waals surface area contributed by atoms with Gasteiger partial charge in [-0.1, -0.05) is 0 Å². The molecule has 30 heavy (non-hydrogen) atoms. The van der Waals surface area contributed by atoms with Gasteiger partial charge in [-0.25, -0.2) is 4.39 Å². The molecule has 1 saturated heterocycles. The van der Waals surface area contributed by atoms with Gasteiger partial charge in [-0.3, -0.25) is 9.59 Å². The van der Waals surface area contributed by atoms with Crippen LogP contribution >= 0.6 is 0 Å². The van der Waals surface area contributed by atoms with Gasteiger partial charge in [0.15, 0.2) is 0 Å². The first-order chi connectivity index (χ1) is 14.6. The zero-order valence-electron chi connectivity index (χ0n) is 16.1. The molecular formula is C21H20FN5O3. The van der Waals surface area contributed by atoms with Crippen LogP contribution < -0.4 is 10.1 Å². The van der Waals surface area contributed by atoms with Crippen molar-refractivity contribution >= 4 is 17.5 Å². The molecule has 8 nitrogen and oxygen atoms in total. The van der Waals surface area contributed by atoms with Crippen molar-refractivity contribution in [1.82, 2.24) is 19.9 Å². The highest BCUT2D eigenvalue weighted by atomic mass is 19.1. The number of halogens is 1. The molecular weight excluding hydrogens is 389 g/mol. The van der Waals surface area contributed by atoms with E-state index < -0.39 is 6.04 Å². The number of ether oxygens (including phenoxy) is 1. The van der Waals surface area contributed by atoms with Crippen LogP contribution in [-0.2, 0) is 16.1 Å². The molecule has 1 aliphatic heterocycles. The monoisotopic (exact) mass is 409 g/mol. The van der Waals surface area contributed by atoms with Crippen LogP contribution in [0, 0.1) is 5.82 Å². The highest BCUT2D eigenvalue weighted by Crippen LogP contribution is 2.24. The molecule has 1 aromatic heterocycles. The number of benzene rings is 2. The minimum atomic E-state index is -0.525. The van der Waals surface area contributed by atoms with Gasteiger partial charge in [-0.15, -0.1) is 0 Å². The maximum atomic E-state index is 13.0. The van der Waals surface area contributed by atoms with Crippen LogP contribution in [0.25, 0.3) is 0 Å². The van der Waals surface area contributed by atoms with E-state index in [0.717, 1.165) is 6.42 Å². The topological polar surface area (TPSA) is 89.4 Å². The normalized spacial score (nSPS) is 15.8. The molecule has 0 spiro atoms. The Morgan fingerprint density at radius 2 is 1.67 bits per heavy atom. The summed E-state index contributed by atoms with van der Waals surface area (Å²) >= 11 is 0. The fourth-order valence-electron chi connectivity index (χ4n) is 3.35. The molecule has 4 rings (SSSR count). The molecule has 0 saturated carbocycles. The first-order valence-corrected chi connectivity index (χ1v) is 9.56. The van der Waals surface area contributed by atoms with Crippen molar-refractivity contribution in [3.8, 4) is 11.5 Å². The number of nitrogens with one attached hydrogen (secondary N) is 1. The molecule has 1 atom stereocenters. The summed E-state index contributed by atoms with van der Waals surface area (Å²) in [5.74, 6) is 0.318. The number of rotatable bonds is 6. The van der Waals surface area contributed by atoms with Gasteiger partial charge in [-0.05, 0) is 61.4 Å². The lowest BCUT2D eigenvalue weighted by atomic mass is 10.2. The molecule has 0 bridgehead atoms. The minimum absolute atomic E-state index is 0.00615. The van der Waals surface area contributed by atoms with E-state index in [0.29, 0.717) is 30.2 Å². The fourth-order valence-corrected chi connectivity index (χ4v) is 3.35. The average molecular weight is 409 g/mol. The predicted octanol–water partition coefficient (Wildman–Crippen LogP) is 2.84. The number of carbonyl (C=O) groups is 2. The van der Waals surface area contributed by atoms with Gasteiger partial charge < -0.3 is 15.0 Å². The third-order valence-corrected chi connectivity index (χ3v) is 4.79. The zero-order chi connectivity index (χ0) is 20.9. The molecule has 2 amide bonds. The lowest BCUT2D eigenvalue weighted by Crippen LogP contribution is -2.44. The molecule has 2 aromatic carbocycles. The van der Waals surface area contributed by atoms with Crippen LogP contribution in [0.15, 0.2) is 60.9 Å². The summed E-state index contributed by atoms with van der Waals surface area (Å²) < 4.78 is 18.6. The van der Waals surface area contributed by atoms with Crippen LogP contribution in [0.5, 0.6) is 11.5 Å². The van der Waals surface area contributed by atoms with Crippen LogP contribution in [0.2, 0.25) is 0 Å². The van der Waals surface area contributed by atoms with Gasteiger partial charge in [0.25, 0.3) is 0 Å². The van der Waals surface area contributed by atoms with Crippen LogP contribution in [-0.4, -0.2) is 44.3 Å². The van der Waals surface area contributed by atoms with Crippen molar-refractivity contribution in [3.63, 3.8) is 0 Å². The molecule has 1 aliphatic rings. The number of likely N-dealkylation sites (tertiary alicyclic amines) is 1. The second kappa shape index (κ2) is 8.73. The van der Waals surface area contributed by atoms with Gasteiger partial charge in [0, 0.05) is 12.2 Å². The van der Waals surface area contributed by atoms with Gasteiger partial charge in [0.2, 0.25) is 11.8 Å². The Hall–Kier alpha value is -3.75. The number of hydrogen-bond donors (Lipinski definition) is 1. The van der Waals surface area contributed by atoms with Crippen LogP contribution in [0.1, 0.15) is 12.8 Å². The maximum absolute atomic E-state index is 13.0. The molecule has 154 valence electrons. The Labute approximate surface area is 172 Å². The second-order valence-corrected chi connectivity index (χ2v) is 6.87. The lowest BCUT2D eigenvalue weighted by Gasteiger charge is -2.23. The van der Waals surface area contributed by atoms with E-state index in [1.807, 2.05) is 0 Å². The van der Waals surface area contributed by atoms with E-state index in [-0.39, 0.29) is 24.2 Å². The maximum Gasteiger partial charge on any atom is 0.247 e. The van der Waals surface area contributed by atoms with Crippen molar-refractivity contribution < 1.29 is 18.7 Å². The zero-order valence-corrected chi connectivity index (χ0v) is 16.1. The summed E-state index contributed by atoms with van der Waals surface area (Å²) in [6.07, 6.45) is 4.38. The highest BCUT2D eigenvalue weighted by Gasteiger charge is 2.34. The summed E-state index contributed by atoms with van der Waals surface area (Å²) in [5.41, 5.74) is 0.597. The van der Waals surface area contributed by atoms with Crippen molar-refractivity contribution in [1.29, 1.82) is 0 Å². The summed E-state index contributed by atoms with van der Waals surface area (Å²) in [5, 5.41) is 10.7. The number of aromatic nitrogens is 3. The smallest absolute Gasteiger partial charge is 0.247 e. The average Bonchev–Trinajstić information content (AvgIpc) is 3.43. The quantitative estimate of drug-likeness (QED) is 0.676. The highest BCUT2D eigenvalue weighted by molar-refractivity contribution is 5.97. The summed E-state index contributed by atoms with van der Waals surface area (Å²) in [4.78, 5) is 28.1. The second-order valence-electron chi connectivity index (χ2n) is 6.87. The molecule has 9 heteroatoms. The van der Waals surface area contributed by atoms with Crippen molar-refractivity contribution in [2.45, 2.75) is 25.4 Å². The Bertz CT molecular complexity index is 1010. The minimum Gasteiger partial charge on any atom is -0.457 e. The van der Waals surface area contributed by atoms with Crippen molar-refractivity contribution in [3.05, 3.63) is 66.7 Å². The van der Waals surface area contributed by atoms with Crippen LogP contribution in [0.3, 0.4) is 0 Å². The van der Waals surface area contributed by atoms with Crippen LogP contribution in [0.4, 0.5) is 10.1 Å². The van der Waals surface area contributed by atoms with E-state index in [4.69, 9.17) is 4.74 Å². The Morgan fingerprint density at radius 1 is 1.03 bits per heavy atom. The molecule has 1 N–H and O–H groups in total. The number of amides is 2. The van der Waals surface area contributed by atoms with Crippen molar-refractivity contribution in [2.24, 2.45) is 0 Å². The van der Waals surface area contributed by atoms with Gasteiger partial charge >= 0.3 is 0 Å². The third-order valence-electron chi connectivity index (χ3n) is 4.79. The first kappa shape index (κ1) is 19.6. The lowest BCUT2D eigenvalue weighted by molar-refractivity contribution is -0.137. The Morgan fingerprint density at radius 3 is 2.33 bits per heavy atom. The standard InChI is InChI=1S/C21H20FN5O3/c22-15-3-7-17(8-4-15)30-18-9-5-16(6-10-18)25-21(29)19-2-1-13-26(19)20(28)14-27-23-11-12-24-27/h3-12,19H,1-2,13-14H2,(H,25,29)/t19-/m0/s1. The van der Waals surface area contributed by atoms with Gasteiger partial charge in [0.05, 0.1) is 12.4 Å². The third kappa shape index (κ3) is 4.62. The predicted molar refractivity (Wildman–Crippen MR) is 106 cm³/mol. The first-order valence-electron chi connectivity index (χ1n) is 9.56. The van der Waals surface area contributed by atoms with Crippen molar-refractivity contribution in [2.75, 3.05) is 11.9 Å². The molecule has 0 unspecified atom stereocenters. The summed E-state index contributed by atoms with van der Waals surface area (Å²) in [6, 6.07) is 12.0. The molecule has 0 radical (unpaired) electrons.